The van der Waals surface area contributed by atoms with Crippen molar-refractivity contribution in [1.29, 1.82) is 0 Å². The zero-order valence-electron chi connectivity index (χ0n) is 19.7. The van der Waals surface area contributed by atoms with Crippen molar-refractivity contribution >= 4 is 32.4 Å². The molecule has 2 aliphatic heterocycles. The molecule has 3 aromatic rings. The highest BCUT2D eigenvalue weighted by molar-refractivity contribution is 7.93. The fourth-order valence-electron chi connectivity index (χ4n) is 4.95. The molecule has 3 aromatic carbocycles. The van der Waals surface area contributed by atoms with Gasteiger partial charge in [0.25, 0.3) is 15.9 Å². The maximum absolute atomic E-state index is 13.1. The van der Waals surface area contributed by atoms with Crippen LogP contribution in [0.25, 0.3) is 10.8 Å². The molecule has 1 N–H and O–H groups in total. The average Bonchev–Trinajstić information content (AvgIpc) is 2.89. The molecule has 5 rings (SSSR count). The van der Waals surface area contributed by atoms with Crippen LogP contribution < -0.4 is 4.72 Å². The summed E-state index contributed by atoms with van der Waals surface area (Å²) in [4.78, 5) is 17.5. The zero-order chi connectivity index (χ0) is 24.3. The number of carbonyl (C=O) groups is 1. The molecule has 184 valence electrons. The van der Waals surface area contributed by atoms with Crippen LogP contribution in [0.2, 0.25) is 0 Å². The van der Waals surface area contributed by atoms with E-state index in [0.29, 0.717) is 35.6 Å². The maximum Gasteiger partial charge on any atom is 0.262 e. The third-order valence-corrected chi connectivity index (χ3v) is 8.29. The monoisotopic (exact) mass is 493 g/mol. The smallest absolute Gasteiger partial charge is 0.262 e. The van der Waals surface area contributed by atoms with E-state index in [1.54, 1.807) is 42.5 Å². The summed E-state index contributed by atoms with van der Waals surface area (Å²) in [6.45, 7) is 5.88. The summed E-state index contributed by atoms with van der Waals surface area (Å²) in [5.74, 6) is 0.574. The number of ether oxygens (including phenoxy) is 1. The van der Waals surface area contributed by atoms with Crippen molar-refractivity contribution in [3.05, 3.63) is 72.3 Å². The third kappa shape index (κ3) is 5.50. The van der Waals surface area contributed by atoms with Crippen molar-refractivity contribution < 1.29 is 17.9 Å². The first-order valence-electron chi connectivity index (χ1n) is 12.2. The van der Waals surface area contributed by atoms with Gasteiger partial charge in [-0.2, -0.15) is 0 Å². The minimum absolute atomic E-state index is 0.0193. The predicted molar refractivity (Wildman–Crippen MR) is 137 cm³/mol. The lowest BCUT2D eigenvalue weighted by atomic mass is 10.0. The number of nitrogens with zero attached hydrogens (tertiary/aromatic N) is 2. The molecule has 0 aliphatic carbocycles. The Morgan fingerprint density at radius 1 is 0.943 bits per heavy atom. The Labute approximate surface area is 206 Å². The summed E-state index contributed by atoms with van der Waals surface area (Å²) in [6, 6.07) is 19.3. The summed E-state index contributed by atoms with van der Waals surface area (Å²) in [5, 5.41) is 1.54. The van der Waals surface area contributed by atoms with Crippen LogP contribution in [0.3, 0.4) is 0 Å². The summed E-state index contributed by atoms with van der Waals surface area (Å²) in [5.41, 5.74) is 0.987. The summed E-state index contributed by atoms with van der Waals surface area (Å²) >= 11 is 0. The predicted octanol–water partition coefficient (Wildman–Crippen LogP) is 3.83. The van der Waals surface area contributed by atoms with E-state index in [9.17, 15) is 13.2 Å². The molecule has 2 aliphatic rings. The van der Waals surface area contributed by atoms with Crippen molar-refractivity contribution in [1.82, 2.24) is 9.80 Å². The second-order valence-electron chi connectivity index (χ2n) is 9.34. The van der Waals surface area contributed by atoms with Gasteiger partial charge in [0.05, 0.1) is 11.5 Å². The molecule has 35 heavy (non-hydrogen) atoms. The largest absolute Gasteiger partial charge is 0.381 e. The number of nitrogens with one attached hydrogen (secondary N) is 1. The molecule has 1 amide bonds. The molecule has 2 heterocycles. The van der Waals surface area contributed by atoms with Crippen LogP contribution in [0, 0.1) is 5.92 Å². The number of hydrogen-bond acceptors (Lipinski definition) is 5. The molecule has 2 saturated heterocycles. The van der Waals surface area contributed by atoms with E-state index >= 15 is 0 Å². The number of carbonyl (C=O) groups excluding carboxylic acids is 1. The van der Waals surface area contributed by atoms with Gasteiger partial charge in [-0.1, -0.05) is 36.4 Å². The number of benzene rings is 3. The first-order valence-corrected chi connectivity index (χ1v) is 13.7. The Kier molecular flexibility index (Phi) is 7.04. The van der Waals surface area contributed by atoms with Gasteiger partial charge >= 0.3 is 0 Å². The Morgan fingerprint density at radius 3 is 2.43 bits per heavy atom. The Balaban J connectivity index is 1.20. The second kappa shape index (κ2) is 10.4. The standard InChI is InChI=1S/C27H31N3O4S/c31-27(30-16-14-29(15-17-30)19-21-5-4-18-34-20-21)23-10-12-24(13-11-23)28-35(32,33)26-9-3-7-22-6-1-2-8-25(22)26/h1-3,6-13,21,28H,4-5,14-20H2. The number of hydrogen-bond donors (Lipinski definition) is 1. The van der Waals surface area contributed by atoms with E-state index in [4.69, 9.17) is 4.74 Å². The third-order valence-electron chi connectivity index (χ3n) is 6.85. The SMILES string of the molecule is O=C(c1ccc(NS(=O)(=O)c2cccc3ccccc23)cc1)N1CCN(CC2CCCOC2)CC1. The van der Waals surface area contributed by atoms with Gasteiger partial charge in [0, 0.05) is 56.0 Å². The fourth-order valence-corrected chi connectivity index (χ4v) is 6.24. The Bertz CT molecular complexity index is 1270. The molecule has 0 radical (unpaired) electrons. The highest BCUT2D eigenvalue weighted by atomic mass is 32.2. The normalized spacial score (nSPS) is 19.5. The van der Waals surface area contributed by atoms with Gasteiger partial charge in [-0.25, -0.2) is 8.42 Å². The van der Waals surface area contributed by atoms with Crippen LogP contribution in [0.5, 0.6) is 0 Å². The lowest BCUT2D eigenvalue weighted by Crippen LogP contribution is -2.50. The molecule has 2 fully saturated rings. The number of anilines is 1. The summed E-state index contributed by atoms with van der Waals surface area (Å²) < 4.78 is 34.4. The van der Waals surface area contributed by atoms with E-state index in [1.165, 1.54) is 6.42 Å². The molecule has 0 spiro atoms. The van der Waals surface area contributed by atoms with Crippen LogP contribution >= 0.6 is 0 Å². The maximum atomic E-state index is 13.1. The average molecular weight is 494 g/mol. The van der Waals surface area contributed by atoms with Crippen molar-refractivity contribution in [3.63, 3.8) is 0 Å². The molecular weight excluding hydrogens is 462 g/mol. The van der Waals surface area contributed by atoms with Gasteiger partial charge in [0.2, 0.25) is 0 Å². The van der Waals surface area contributed by atoms with Crippen molar-refractivity contribution in [2.24, 2.45) is 5.92 Å². The number of piperazine rings is 1. The lowest BCUT2D eigenvalue weighted by molar-refractivity contribution is 0.0274. The lowest BCUT2D eigenvalue weighted by Gasteiger charge is -2.37. The highest BCUT2D eigenvalue weighted by Crippen LogP contribution is 2.25. The number of sulfonamides is 1. The fraction of sp³-hybridized carbons (Fsp3) is 0.370. The molecule has 7 nitrogen and oxygen atoms in total. The van der Waals surface area contributed by atoms with Gasteiger partial charge in [-0.05, 0) is 54.5 Å². The summed E-state index contributed by atoms with van der Waals surface area (Å²) in [6.07, 6.45) is 2.35. The number of rotatable bonds is 6. The van der Waals surface area contributed by atoms with Crippen LogP contribution in [0.4, 0.5) is 5.69 Å². The number of fused-ring (bicyclic) bond motifs is 1. The van der Waals surface area contributed by atoms with Crippen LogP contribution in [0.15, 0.2) is 71.6 Å². The first-order chi connectivity index (χ1) is 17.0. The number of amides is 1. The van der Waals surface area contributed by atoms with E-state index in [2.05, 4.69) is 9.62 Å². The van der Waals surface area contributed by atoms with Crippen molar-refractivity contribution in [3.8, 4) is 0 Å². The quantitative estimate of drug-likeness (QED) is 0.565. The molecular formula is C27H31N3O4S. The molecule has 0 bridgehead atoms. The van der Waals surface area contributed by atoms with E-state index in [-0.39, 0.29) is 10.8 Å². The summed E-state index contributed by atoms with van der Waals surface area (Å²) in [7, 11) is -3.77. The zero-order valence-corrected chi connectivity index (χ0v) is 20.5. The van der Waals surface area contributed by atoms with Crippen LogP contribution in [-0.4, -0.2) is 70.1 Å². The van der Waals surface area contributed by atoms with E-state index in [1.807, 2.05) is 29.2 Å². The minimum Gasteiger partial charge on any atom is -0.381 e. The molecule has 1 atom stereocenters. The highest BCUT2D eigenvalue weighted by Gasteiger charge is 2.25. The van der Waals surface area contributed by atoms with Gasteiger partial charge in [-0.15, -0.1) is 0 Å². The van der Waals surface area contributed by atoms with Crippen LogP contribution in [-0.2, 0) is 14.8 Å². The van der Waals surface area contributed by atoms with Gasteiger partial charge in [0.1, 0.15) is 0 Å². The molecule has 0 saturated carbocycles. The van der Waals surface area contributed by atoms with Gasteiger partial charge < -0.3 is 9.64 Å². The van der Waals surface area contributed by atoms with E-state index in [0.717, 1.165) is 44.7 Å². The van der Waals surface area contributed by atoms with Crippen molar-refractivity contribution in [2.45, 2.75) is 17.7 Å². The van der Waals surface area contributed by atoms with Gasteiger partial charge in [-0.3, -0.25) is 14.4 Å². The molecule has 1 unspecified atom stereocenters. The Morgan fingerprint density at radius 2 is 1.69 bits per heavy atom. The Hall–Kier alpha value is -2.94. The van der Waals surface area contributed by atoms with Crippen molar-refractivity contribution in [2.75, 3.05) is 50.7 Å². The minimum atomic E-state index is -3.77. The van der Waals surface area contributed by atoms with Gasteiger partial charge in [0.15, 0.2) is 0 Å². The van der Waals surface area contributed by atoms with Crippen LogP contribution in [0.1, 0.15) is 23.2 Å². The topological polar surface area (TPSA) is 79.0 Å². The second-order valence-corrected chi connectivity index (χ2v) is 11.0. The first kappa shape index (κ1) is 23.8. The molecule has 0 aromatic heterocycles. The van der Waals surface area contributed by atoms with E-state index < -0.39 is 10.0 Å². The molecule has 8 heteroatoms.